The van der Waals surface area contributed by atoms with Crippen LogP contribution in [0, 0.1) is 0 Å². The first-order valence-electron chi connectivity index (χ1n) is 11.1. The summed E-state index contributed by atoms with van der Waals surface area (Å²) in [5.74, 6) is -1.01. The zero-order valence-electron chi connectivity index (χ0n) is 19.8. The highest BCUT2D eigenvalue weighted by Crippen LogP contribution is 2.36. The van der Waals surface area contributed by atoms with Crippen LogP contribution < -0.4 is 11.1 Å². The van der Waals surface area contributed by atoms with Crippen molar-refractivity contribution in [2.75, 3.05) is 13.2 Å². The molecular weight excluding hydrogens is 426 g/mol. The predicted octanol–water partition coefficient (Wildman–Crippen LogP) is 3.17. The summed E-state index contributed by atoms with van der Waals surface area (Å²) in [5.41, 5.74) is 6.39. The van der Waals surface area contributed by atoms with E-state index in [0.717, 1.165) is 5.56 Å². The molecule has 1 aromatic rings. The van der Waals surface area contributed by atoms with Crippen LogP contribution in [0.2, 0.25) is 18.1 Å². The number of hydrogen-bond acceptors (Lipinski definition) is 5. The van der Waals surface area contributed by atoms with Gasteiger partial charge in [0, 0.05) is 13.2 Å². The van der Waals surface area contributed by atoms with E-state index in [4.69, 9.17) is 14.9 Å². The third-order valence-corrected chi connectivity index (χ3v) is 10.9. The van der Waals surface area contributed by atoms with Gasteiger partial charge in [-0.3, -0.25) is 14.5 Å². The Labute approximate surface area is 191 Å². The van der Waals surface area contributed by atoms with Gasteiger partial charge in [0.05, 0.1) is 0 Å². The number of amides is 3. The molecule has 1 heterocycles. The van der Waals surface area contributed by atoms with Crippen molar-refractivity contribution in [2.24, 2.45) is 5.73 Å². The molecule has 2 atom stereocenters. The molecule has 0 unspecified atom stereocenters. The lowest BCUT2D eigenvalue weighted by Crippen LogP contribution is -2.53. The number of carbonyl (C=O) groups is 3. The average Bonchev–Trinajstić information content (AvgIpc) is 3.21. The maximum Gasteiger partial charge on any atom is 0.410 e. The molecule has 3 amide bonds. The molecule has 1 aliphatic heterocycles. The average molecular weight is 464 g/mol. The van der Waals surface area contributed by atoms with Crippen LogP contribution in [0.25, 0.3) is 0 Å². The summed E-state index contributed by atoms with van der Waals surface area (Å²) in [5, 5.41) is 2.76. The maximum absolute atomic E-state index is 12.9. The number of benzene rings is 1. The Morgan fingerprint density at radius 1 is 1.22 bits per heavy atom. The Morgan fingerprint density at radius 2 is 1.88 bits per heavy atom. The molecule has 1 aliphatic rings. The zero-order valence-corrected chi connectivity index (χ0v) is 20.8. The van der Waals surface area contributed by atoms with Crippen LogP contribution in [-0.4, -0.2) is 56.4 Å². The number of hydrogen-bond donors (Lipinski definition) is 2. The van der Waals surface area contributed by atoms with Gasteiger partial charge in [-0.05, 0) is 43.0 Å². The largest absolute Gasteiger partial charge is 0.445 e. The summed E-state index contributed by atoms with van der Waals surface area (Å²) in [6.45, 7) is 11.6. The summed E-state index contributed by atoms with van der Waals surface area (Å²) in [4.78, 5) is 38.8. The second-order valence-electron chi connectivity index (χ2n) is 9.75. The molecule has 0 aromatic heterocycles. The summed E-state index contributed by atoms with van der Waals surface area (Å²) in [6, 6.07) is 7.83. The first kappa shape index (κ1) is 25.9. The van der Waals surface area contributed by atoms with E-state index in [1.807, 2.05) is 30.3 Å². The fourth-order valence-electron chi connectivity index (χ4n) is 3.26. The minimum atomic E-state index is -1.97. The molecule has 0 radical (unpaired) electrons. The Hall–Kier alpha value is -2.39. The van der Waals surface area contributed by atoms with Gasteiger partial charge in [0.1, 0.15) is 18.7 Å². The van der Waals surface area contributed by atoms with E-state index in [1.165, 1.54) is 4.90 Å². The highest BCUT2D eigenvalue weighted by molar-refractivity contribution is 6.74. The molecule has 8 nitrogen and oxygen atoms in total. The normalized spacial score (nSPS) is 17.7. The highest BCUT2D eigenvalue weighted by Gasteiger charge is 2.38. The van der Waals surface area contributed by atoms with Gasteiger partial charge in [0.25, 0.3) is 0 Å². The minimum Gasteiger partial charge on any atom is -0.445 e. The van der Waals surface area contributed by atoms with Crippen molar-refractivity contribution in [3.05, 3.63) is 35.9 Å². The molecule has 0 spiro atoms. The van der Waals surface area contributed by atoms with Crippen LogP contribution >= 0.6 is 0 Å². The molecule has 0 aliphatic carbocycles. The van der Waals surface area contributed by atoms with Crippen molar-refractivity contribution in [3.63, 3.8) is 0 Å². The Balaban J connectivity index is 1.91. The third kappa shape index (κ3) is 7.06. The number of nitrogens with one attached hydrogen (secondary N) is 1. The summed E-state index contributed by atoms with van der Waals surface area (Å²) in [6.07, 6.45) is 0.953. The van der Waals surface area contributed by atoms with E-state index in [0.29, 0.717) is 32.4 Å². The van der Waals surface area contributed by atoms with Crippen molar-refractivity contribution < 1.29 is 23.5 Å². The second-order valence-corrected chi connectivity index (χ2v) is 14.6. The van der Waals surface area contributed by atoms with Crippen LogP contribution in [0.4, 0.5) is 4.79 Å². The van der Waals surface area contributed by atoms with E-state index in [1.54, 1.807) is 0 Å². The molecule has 9 heteroatoms. The highest BCUT2D eigenvalue weighted by atomic mass is 28.4. The summed E-state index contributed by atoms with van der Waals surface area (Å²) < 4.78 is 11.5. The molecule has 1 fully saturated rings. The molecule has 2 rings (SSSR count). The molecule has 3 N–H and O–H groups in total. The van der Waals surface area contributed by atoms with E-state index >= 15 is 0 Å². The van der Waals surface area contributed by atoms with Gasteiger partial charge < -0.3 is 20.2 Å². The molecule has 178 valence electrons. The van der Waals surface area contributed by atoms with Crippen molar-refractivity contribution in [1.82, 2.24) is 10.2 Å². The number of carbonyl (C=O) groups excluding carboxylic acids is 3. The van der Waals surface area contributed by atoms with E-state index in [2.05, 4.69) is 39.2 Å². The monoisotopic (exact) mass is 463 g/mol. The summed E-state index contributed by atoms with van der Waals surface area (Å²) >= 11 is 0. The standard InChI is InChI=1S/C23H37N3O5Si/c1-23(2,3)32(4,5)31-15-13-18(20(24)27)25-21(28)19-12-9-14-26(19)22(29)30-16-17-10-7-6-8-11-17/h6-8,10-11,18-19H,9,12-16H2,1-5H3,(H2,24,27)(H,25,28)/t18-,19+/m0/s1. The van der Waals surface area contributed by atoms with Crippen LogP contribution in [-0.2, 0) is 25.4 Å². The third-order valence-electron chi connectivity index (χ3n) is 6.33. The Bertz CT molecular complexity index is 795. The Morgan fingerprint density at radius 3 is 2.47 bits per heavy atom. The first-order chi connectivity index (χ1) is 14.9. The van der Waals surface area contributed by atoms with Gasteiger partial charge in [-0.2, -0.15) is 0 Å². The van der Waals surface area contributed by atoms with E-state index < -0.39 is 38.3 Å². The fourth-order valence-corrected chi connectivity index (χ4v) is 4.32. The number of primary amides is 1. The van der Waals surface area contributed by atoms with Crippen LogP contribution in [0.5, 0.6) is 0 Å². The van der Waals surface area contributed by atoms with Gasteiger partial charge >= 0.3 is 6.09 Å². The van der Waals surface area contributed by atoms with Crippen LogP contribution in [0.15, 0.2) is 30.3 Å². The number of nitrogens with zero attached hydrogens (tertiary/aromatic N) is 1. The first-order valence-corrected chi connectivity index (χ1v) is 14.0. The van der Waals surface area contributed by atoms with Crippen LogP contribution in [0.3, 0.4) is 0 Å². The van der Waals surface area contributed by atoms with Gasteiger partial charge in [-0.25, -0.2) is 4.79 Å². The lowest BCUT2D eigenvalue weighted by atomic mass is 10.1. The lowest BCUT2D eigenvalue weighted by molar-refractivity contribution is -0.130. The number of ether oxygens (including phenoxy) is 1. The number of nitrogens with two attached hydrogens (primary N) is 1. The molecule has 1 aromatic carbocycles. The van der Waals surface area contributed by atoms with Crippen LogP contribution in [0.1, 0.15) is 45.6 Å². The zero-order chi connectivity index (χ0) is 23.9. The Kier molecular flexibility index (Phi) is 8.86. The quantitative estimate of drug-likeness (QED) is 0.547. The van der Waals surface area contributed by atoms with Crippen molar-refractivity contribution >= 4 is 26.2 Å². The van der Waals surface area contributed by atoms with Crippen molar-refractivity contribution in [3.8, 4) is 0 Å². The van der Waals surface area contributed by atoms with E-state index in [-0.39, 0.29) is 11.6 Å². The minimum absolute atomic E-state index is 0.0446. The van der Waals surface area contributed by atoms with Gasteiger partial charge in [0.15, 0.2) is 8.32 Å². The molecule has 0 saturated carbocycles. The molecule has 1 saturated heterocycles. The fraction of sp³-hybridized carbons (Fsp3) is 0.609. The molecule has 32 heavy (non-hydrogen) atoms. The van der Waals surface area contributed by atoms with Crippen molar-refractivity contribution in [1.29, 1.82) is 0 Å². The van der Waals surface area contributed by atoms with Gasteiger partial charge in [0.2, 0.25) is 11.8 Å². The van der Waals surface area contributed by atoms with Gasteiger partial charge in [-0.15, -0.1) is 0 Å². The smallest absolute Gasteiger partial charge is 0.410 e. The topological polar surface area (TPSA) is 111 Å². The number of likely N-dealkylation sites (tertiary alicyclic amines) is 1. The predicted molar refractivity (Wildman–Crippen MR) is 125 cm³/mol. The second kappa shape index (κ2) is 11.0. The van der Waals surface area contributed by atoms with Crippen molar-refractivity contribution in [2.45, 2.75) is 76.9 Å². The number of rotatable bonds is 9. The van der Waals surface area contributed by atoms with Gasteiger partial charge in [-0.1, -0.05) is 51.1 Å². The molecular formula is C23H37N3O5Si. The SMILES string of the molecule is CC(C)(C)[Si](C)(C)OCC[C@H](NC(=O)[C@H]1CCCN1C(=O)OCc1ccccc1)C(N)=O. The molecule has 0 bridgehead atoms. The van der Waals surface area contributed by atoms with E-state index in [9.17, 15) is 14.4 Å². The summed E-state index contributed by atoms with van der Waals surface area (Å²) in [7, 11) is -1.97. The maximum atomic E-state index is 12.9. The lowest BCUT2D eigenvalue weighted by Gasteiger charge is -2.36.